The van der Waals surface area contributed by atoms with Gasteiger partial charge in [-0.05, 0) is 36.9 Å². The van der Waals surface area contributed by atoms with Crippen molar-refractivity contribution in [2.24, 2.45) is 5.41 Å². The van der Waals surface area contributed by atoms with Crippen LogP contribution in [0.4, 0.5) is 8.78 Å². The molecule has 1 fully saturated rings. The van der Waals surface area contributed by atoms with Gasteiger partial charge < -0.3 is 15.2 Å². The maximum Gasteiger partial charge on any atom is 0.267 e. The first-order chi connectivity index (χ1) is 9.90. The Kier molecular flexibility index (Phi) is 4.98. The molecule has 1 aliphatic heterocycles. The zero-order chi connectivity index (χ0) is 15.5. The van der Waals surface area contributed by atoms with Crippen LogP contribution < -0.4 is 10.6 Å². The van der Waals surface area contributed by atoms with Gasteiger partial charge in [0.25, 0.3) is 12.3 Å². The summed E-state index contributed by atoms with van der Waals surface area (Å²) in [5.74, 6) is -0.302. The van der Waals surface area contributed by atoms with Crippen molar-refractivity contribution in [3.63, 3.8) is 0 Å². The molecule has 0 spiro atoms. The molecule has 1 aliphatic rings. The average Bonchev–Trinajstić information content (AvgIpc) is 2.84. The van der Waals surface area contributed by atoms with Crippen LogP contribution in [-0.2, 0) is 6.54 Å². The Morgan fingerprint density at radius 3 is 3.00 bits per heavy atom. The summed E-state index contributed by atoms with van der Waals surface area (Å²) < 4.78 is 26.2. The standard InChI is InChI=1S/C15H23F2N3O/c1-15(2)6-4-7-18-12(15)9-19-14(21)11-5-3-8-20(11)10-13(16)17/h3,5,8,12-13,18H,4,6-7,9-10H2,1-2H3,(H,19,21). The summed E-state index contributed by atoms with van der Waals surface area (Å²) in [4.78, 5) is 12.2. The predicted molar refractivity (Wildman–Crippen MR) is 77.6 cm³/mol. The number of carbonyl (C=O) groups is 1. The highest BCUT2D eigenvalue weighted by Crippen LogP contribution is 2.29. The highest BCUT2D eigenvalue weighted by atomic mass is 19.3. The van der Waals surface area contributed by atoms with Gasteiger partial charge in [-0.3, -0.25) is 4.79 Å². The smallest absolute Gasteiger partial charge is 0.267 e. The van der Waals surface area contributed by atoms with E-state index in [2.05, 4.69) is 24.5 Å². The first-order valence-electron chi connectivity index (χ1n) is 7.35. The summed E-state index contributed by atoms with van der Waals surface area (Å²) in [5.41, 5.74) is 0.403. The van der Waals surface area contributed by atoms with E-state index >= 15 is 0 Å². The second-order valence-corrected chi connectivity index (χ2v) is 6.25. The number of amides is 1. The number of rotatable bonds is 5. The Labute approximate surface area is 123 Å². The lowest BCUT2D eigenvalue weighted by molar-refractivity contribution is 0.0907. The highest BCUT2D eigenvalue weighted by Gasteiger charge is 2.32. The maximum absolute atomic E-state index is 12.5. The van der Waals surface area contributed by atoms with Crippen molar-refractivity contribution in [2.45, 2.75) is 45.7 Å². The Bertz CT molecular complexity index is 485. The number of carbonyl (C=O) groups excluding carboxylic acids is 1. The molecule has 1 unspecified atom stereocenters. The van der Waals surface area contributed by atoms with Crippen molar-refractivity contribution in [1.82, 2.24) is 15.2 Å². The molecule has 1 amide bonds. The number of aromatic nitrogens is 1. The summed E-state index contributed by atoms with van der Waals surface area (Å²) in [5, 5.41) is 6.27. The first kappa shape index (κ1) is 15.9. The Morgan fingerprint density at radius 1 is 1.57 bits per heavy atom. The van der Waals surface area contributed by atoms with E-state index in [-0.39, 0.29) is 23.1 Å². The van der Waals surface area contributed by atoms with Gasteiger partial charge >= 0.3 is 0 Å². The van der Waals surface area contributed by atoms with E-state index in [0.717, 1.165) is 19.4 Å². The third-order valence-corrected chi connectivity index (χ3v) is 4.20. The first-order valence-corrected chi connectivity index (χ1v) is 7.35. The number of hydrogen-bond acceptors (Lipinski definition) is 2. The Balaban J connectivity index is 1.94. The topological polar surface area (TPSA) is 46.1 Å². The van der Waals surface area contributed by atoms with Gasteiger partial charge in [0.15, 0.2) is 0 Å². The van der Waals surface area contributed by atoms with Crippen LogP contribution in [0, 0.1) is 5.41 Å². The molecule has 1 aromatic heterocycles. The van der Waals surface area contributed by atoms with Gasteiger partial charge in [0.2, 0.25) is 0 Å². The molecule has 21 heavy (non-hydrogen) atoms. The van der Waals surface area contributed by atoms with Crippen LogP contribution >= 0.6 is 0 Å². The van der Waals surface area contributed by atoms with Gasteiger partial charge in [0, 0.05) is 18.8 Å². The SMILES string of the molecule is CC1(C)CCCNC1CNC(=O)c1cccn1CC(F)F. The molecule has 0 bridgehead atoms. The Hall–Kier alpha value is -1.43. The fourth-order valence-corrected chi connectivity index (χ4v) is 2.83. The highest BCUT2D eigenvalue weighted by molar-refractivity contribution is 5.92. The van der Waals surface area contributed by atoms with E-state index in [1.807, 2.05) is 0 Å². The maximum atomic E-state index is 12.5. The summed E-state index contributed by atoms with van der Waals surface area (Å²) in [6, 6.07) is 3.38. The van der Waals surface area contributed by atoms with Crippen molar-refractivity contribution in [2.75, 3.05) is 13.1 Å². The van der Waals surface area contributed by atoms with Gasteiger partial charge in [0.05, 0.1) is 6.54 Å². The van der Waals surface area contributed by atoms with E-state index in [1.165, 1.54) is 10.8 Å². The van der Waals surface area contributed by atoms with Gasteiger partial charge in [0.1, 0.15) is 5.69 Å². The number of hydrogen-bond donors (Lipinski definition) is 2. The molecule has 118 valence electrons. The van der Waals surface area contributed by atoms with E-state index in [4.69, 9.17) is 0 Å². The van der Waals surface area contributed by atoms with E-state index in [1.54, 1.807) is 12.1 Å². The second-order valence-electron chi connectivity index (χ2n) is 6.25. The fourth-order valence-electron chi connectivity index (χ4n) is 2.83. The molecule has 0 aromatic carbocycles. The minimum Gasteiger partial charge on any atom is -0.349 e. The molecule has 2 rings (SSSR count). The van der Waals surface area contributed by atoms with Crippen LogP contribution in [0.15, 0.2) is 18.3 Å². The van der Waals surface area contributed by atoms with Crippen LogP contribution in [0.25, 0.3) is 0 Å². The predicted octanol–water partition coefficient (Wildman–Crippen LogP) is 2.26. The van der Waals surface area contributed by atoms with Gasteiger partial charge in [-0.2, -0.15) is 0 Å². The third kappa shape index (κ3) is 4.03. The Morgan fingerprint density at radius 2 is 2.33 bits per heavy atom. The summed E-state index contributed by atoms with van der Waals surface area (Å²) in [6.07, 6.45) is 1.28. The van der Waals surface area contributed by atoms with Crippen LogP contribution in [0.2, 0.25) is 0 Å². The minimum atomic E-state index is -2.47. The van der Waals surface area contributed by atoms with Crippen LogP contribution in [0.1, 0.15) is 37.2 Å². The number of piperidine rings is 1. The molecule has 2 heterocycles. The summed E-state index contributed by atoms with van der Waals surface area (Å²) >= 11 is 0. The van der Waals surface area contributed by atoms with E-state index in [0.29, 0.717) is 6.54 Å². The quantitative estimate of drug-likeness (QED) is 0.876. The van der Waals surface area contributed by atoms with Crippen LogP contribution in [0.5, 0.6) is 0 Å². The van der Waals surface area contributed by atoms with Crippen molar-refractivity contribution in [3.8, 4) is 0 Å². The molecule has 0 radical (unpaired) electrons. The normalized spacial score (nSPS) is 21.5. The minimum absolute atomic E-state index is 0.122. The molecular weight excluding hydrogens is 276 g/mol. The molecule has 6 heteroatoms. The molecular formula is C15H23F2N3O. The largest absolute Gasteiger partial charge is 0.349 e. The molecule has 1 atom stereocenters. The van der Waals surface area contributed by atoms with Crippen molar-refractivity contribution < 1.29 is 13.6 Å². The van der Waals surface area contributed by atoms with Crippen LogP contribution in [-0.4, -0.2) is 36.0 Å². The van der Waals surface area contributed by atoms with E-state index in [9.17, 15) is 13.6 Å². The molecule has 2 N–H and O–H groups in total. The van der Waals surface area contributed by atoms with Crippen molar-refractivity contribution >= 4 is 5.91 Å². The molecule has 1 aromatic rings. The fraction of sp³-hybridized carbons (Fsp3) is 0.667. The molecule has 0 saturated carbocycles. The lowest BCUT2D eigenvalue weighted by Crippen LogP contribution is -2.52. The van der Waals surface area contributed by atoms with Gasteiger partial charge in [-0.1, -0.05) is 13.8 Å². The lowest BCUT2D eigenvalue weighted by atomic mass is 9.77. The summed E-state index contributed by atoms with van der Waals surface area (Å²) in [6.45, 7) is 5.35. The average molecular weight is 299 g/mol. The van der Waals surface area contributed by atoms with Crippen molar-refractivity contribution in [3.05, 3.63) is 24.0 Å². The van der Waals surface area contributed by atoms with Gasteiger partial charge in [-0.25, -0.2) is 8.78 Å². The number of halogens is 2. The lowest BCUT2D eigenvalue weighted by Gasteiger charge is -2.39. The summed E-state index contributed by atoms with van der Waals surface area (Å²) in [7, 11) is 0. The van der Waals surface area contributed by atoms with E-state index < -0.39 is 13.0 Å². The molecule has 1 saturated heterocycles. The zero-order valence-electron chi connectivity index (χ0n) is 12.5. The second kappa shape index (κ2) is 6.56. The molecule has 4 nitrogen and oxygen atoms in total. The molecule has 0 aliphatic carbocycles. The number of alkyl halides is 2. The number of nitrogens with zero attached hydrogens (tertiary/aromatic N) is 1. The third-order valence-electron chi connectivity index (χ3n) is 4.20. The monoisotopic (exact) mass is 299 g/mol. The van der Waals surface area contributed by atoms with Crippen molar-refractivity contribution in [1.29, 1.82) is 0 Å². The number of nitrogens with one attached hydrogen (secondary N) is 2. The van der Waals surface area contributed by atoms with Gasteiger partial charge in [-0.15, -0.1) is 0 Å². The zero-order valence-corrected chi connectivity index (χ0v) is 12.5. The van der Waals surface area contributed by atoms with Crippen LogP contribution in [0.3, 0.4) is 0 Å².